The molecule has 0 aliphatic carbocycles. The van der Waals surface area contributed by atoms with Crippen LogP contribution >= 0.6 is 11.6 Å². The number of ketones is 1. The fourth-order valence-corrected chi connectivity index (χ4v) is 3.48. The van der Waals surface area contributed by atoms with Gasteiger partial charge in [0.1, 0.15) is 11.3 Å². The molecule has 0 aliphatic heterocycles. The molecule has 1 unspecified atom stereocenters. The molecular formula is C24H25ClO4. The fraction of sp³-hybridized carbons (Fsp3) is 0.333. The maximum Gasteiger partial charge on any atom is 0.336 e. The van der Waals surface area contributed by atoms with Gasteiger partial charge in [-0.3, -0.25) is 4.79 Å². The van der Waals surface area contributed by atoms with Crippen LogP contribution < -0.4 is 10.4 Å². The summed E-state index contributed by atoms with van der Waals surface area (Å²) in [4.78, 5) is 23.6. The van der Waals surface area contributed by atoms with Crippen LogP contribution in [0.1, 0.15) is 39.7 Å². The number of hydrogen-bond donors (Lipinski definition) is 0. The second-order valence-corrected chi connectivity index (χ2v) is 7.95. The molecular weight excluding hydrogens is 388 g/mol. The molecule has 0 amide bonds. The minimum atomic E-state index is -0.574. The number of rotatable bonds is 7. The van der Waals surface area contributed by atoms with Crippen molar-refractivity contribution in [3.63, 3.8) is 0 Å². The van der Waals surface area contributed by atoms with Crippen LogP contribution in [0.4, 0.5) is 0 Å². The van der Waals surface area contributed by atoms with E-state index in [0.29, 0.717) is 27.8 Å². The van der Waals surface area contributed by atoms with E-state index in [1.54, 1.807) is 19.1 Å². The molecule has 0 radical (unpaired) electrons. The van der Waals surface area contributed by atoms with Crippen LogP contribution in [0.2, 0.25) is 5.02 Å². The summed E-state index contributed by atoms with van der Waals surface area (Å²) in [6.07, 6.45) is 1.49. The van der Waals surface area contributed by atoms with E-state index in [4.69, 9.17) is 20.8 Å². The quantitative estimate of drug-likeness (QED) is 0.442. The topological polar surface area (TPSA) is 56.5 Å². The normalized spacial score (nSPS) is 13.3. The Morgan fingerprint density at radius 2 is 1.86 bits per heavy atom. The van der Waals surface area contributed by atoms with Crippen molar-refractivity contribution in [2.75, 3.05) is 0 Å². The van der Waals surface area contributed by atoms with E-state index in [1.807, 2.05) is 18.2 Å². The van der Waals surface area contributed by atoms with E-state index in [2.05, 4.69) is 19.9 Å². The first-order valence-corrected chi connectivity index (χ1v) is 10.2. The lowest BCUT2D eigenvalue weighted by Crippen LogP contribution is -2.20. The monoisotopic (exact) mass is 412 g/mol. The zero-order valence-electron chi connectivity index (χ0n) is 17.1. The number of ether oxygens (including phenoxy) is 1. The molecule has 5 heteroatoms. The van der Waals surface area contributed by atoms with Gasteiger partial charge in [-0.05, 0) is 49.9 Å². The number of hydrogen-bond acceptors (Lipinski definition) is 4. The Labute approximate surface area is 175 Å². The summed E-state index contributed by atoms with van der Waals surface area (Å²) in [6.45, 7) is 7.53. The van der Waals surface area contributed by atoms with Crippen LogP contribution in [-0.4, -0.2) is 11.9 Å². The van der Waals surface area contributed by atoms with Crippen molar-refractivity contribution < 1.29 is 13.9 Å². The first-order valence-electron chi connectivity index (χ1n) is 9.82. The number of carbonyl (C=O) groups excluding carboxylic acids is 1. The van der Waals surface area contributed by atoms with Gasteiger partial charge < -0.3 is 9.15 Å². The summed E-state index contributed by atoms with van der Waals surface area (Å²) in [6, 6.07) is 12.6. The zero-order valence-corrected chi connectivity index (χ0v) is 17.9. The van der Waals surface area contributed by atoms with Crippen molar-refractivity contribution in [3.8, 4) is 16.9 Å². The predicted molar refractivity (Wildman–Crippen MR) is 117 cm³/mol. The van der Waals surface area contributed by atoms with E-state index in [0.717, 1.165) is 23.8 Å². The molecule has 152 valence electrons. The second-order valence-electron chi connectivity index (χ2n) is 7.54. The number of fused-ring (bicyclic) bond motifs is 1. The fourth-order valence-electron chi connectivity index (χ4n) is 3.18. The van der Waals surface area contributed by atoms with Crippen LogP contribution in [-0.2, 0) is 11.2 Å². The maximum atomic E-state index is 12.2. The van der Waals surface area contributed by atoms with E-state index >= 15 is 0 Å². The molecule has 4 nitrogen and oxygen atoms in total. The van der Waals surface area contributed by atoms with Gasteiger partial charge in [0.25, 0.3) is 0 Å². The van der Waals surface area contributed by atoms with Gasteiger partial charge in [0.15, 0.2) is 11.9 Å². The minimum Gasteiger partial charge on any atom is -0.483 e. The molecule has 3 rings (SSSR count). The molecule has 3 aromatic rings. The summed E-state index contributed by atoms with van der Waals surface area (Å²) < 4.78 is 11.0. The molecule has 0 aliphatic rings. The van der Waals surface area contributed by atoms with Crippen LogP contribution in [0.5, 0.6) is 5.75 Å². The van der Waals surface area contributed by atoms with Crippen LogP contribution in [0.15, 0.2) is 51.7 Å². The molecule has 0 bridgehead atoms. The largest absolute Gasteiger partial charge is 0.483 e. The van der Waals surface area contributed by atoms with Gasteiger partial charge in [0.2, 0.25) is 0 Å². The Morgan fingerprint density at radius 3 is 2.52 bits per heavy atom. The van der Waals surface area contributed by atoms with Crippen LogP contribution in [0.3, 0.4) is 0 Å². The lowest BCUT2D eigenvalue weighted by atomic mass is 9.96. The molecule has 0 fully saturated rings. The Hall–Kier alpha value is -2.59. The molecule has 0 saturated carbocycles. The van der Waals surface area contributed by atoms with Crippen molar-refractivity contribution >= 4 is 28.4 Å². The zero-order chi connectivity index (χ0) is 21.1. The van der Waals surface area contributed by atoms with E-state index in [-0.39, 0.29) is 5.78 Å². The number of halogens is 1. The summed E-state index contributed by atoms with van der Waals surface area (Å²) in [7, 11) is 0. The van der Waals surface area contributed by atoms with E-state index in [9.17, 15) is 9.59 Å². The standard InChI is InChI=1S/C24H25ClO4/c1-5-14(2)10-17-6-8-19(22(25)11-17)21-13-24(27)29-23-12-18(7-9-20(21)23)28-16(4)15(3)26/h6-9,11-14,16H,5,10H2,1-4H3/t14?,16-/m1/s1. The third kappa shape index (κ3) is 4.88. The average Bonchev–Trinajstić information content (AvgIpc) is 2.67. The molecule has 1 aromatic heterocycles. The van der Waals surface area contributed by atoms with E-state index in [1.165, 1.54) is 18.6 Å². The third-order valence-corrected chi connectivity index (χ3v) is 5.52. The molecule has 0 N–H and O–H groups in total. The molecule has 2 aromatic carbocycles. The van der Waals surface area contributed by atoms with Gasteiger partial charge >= 0.3 is 5.63 Å². The van der Waals surface area contributed by atoms with Crippen molar-refractivity contribution in [2.24, 2.45) is 5.92 Å². The van der Waals surface area contributed by atoms with Gasteiger partial charge in [0.05, 0.1) is 0 Å². The molecule has 1 heterocycles. The first-order chi connectivity index (χ1) is 13.8. The Morgan fingerprint density at radius 1 is 1.10 bits per heavy atom. The predicted octanol–water partition coefficient (Wildman–Crippen LogP) is 6.06. The van der Waals surface area contributed by atoms with Crippen molar-refractivity contribution in [2.45, 2.75) is 46.6 Å². The van der Waals surface area contributed by atoms with Crippen LogP contribution in [0, 0.1) is 5.92 Å². The lowest BCUT2D eigenvalue weighted by Gasteiger charge is -2.14. The van der Waals surface area contributed by atoms with Crippen molar-refractivity contribution in [1.29, 1.82) is 0 Å². The third-order valence-electron chi connectivity index (χ3n) is 5.21. The van der Waals surface area contributed by atoms with E-state index < -0.39 is 11.7 Å². The number of Topliss-reactive ketones (excluding diaryl/α,β-unsaturated/α-hetero) is 1. The van der Waals surface area contributed by atoms with Gasteiger partial charge in [0, 0.05) is 33.7 Å². The SMILES string of the molecule is CCC(C)Cc1ccc(-c2cc(=O)oc3cc(O[C@H](C)C(C)=O)ccc23)c(Cl)c1. The highest BCUT2D eigenvalue weighted by atomic mass is 35.5. The highest BCUT2D eigenvalue weighted by molar-refractivity contribution is 6.33. The summed E-state index contributed by atoms with van der Waals surface area (Å²) in [5.41, 5.74) is 2.59. The minimum absolute atomic E-state index is 0.0791. The number of benzene rings is 2. The Bertz CT molecular complexity index is 1100. The summed E-state index contributed by atoms with van der Waals surface area (Å²) >= 11 is 6.58. The van der Waals surface area contributed by atoms with Crippen molar-refractivity contribution in [1.82, 2.24) is 0 Å². The van der Waals surface area contributed by atoms with Gasteiger partial charge in [-0.15, -0.1) is 0 Å². The van der Waals surface area contributed by atoms with Crippen LogP contribution in [0.25, 0.3) is 22.1 Å². The lowest BCUT2D eigenvalue weighted by molar-refractivity contribution is -0.122. The second kappa shape index (κ2) is 8.83. The van der Waals surface area contributed by atoms with Gasteiger partial charge in [-0.2, -0.15) is 0 Å². The molecule has 0 saturated heterocycles. The Kier molecular flexibility index (Phi) is 6.43. The number of carbonyl (C=O) groups is 1. The first kappa shape index (κ1) is 21.1. The Balaban J connectivity index is 2.03. The molecule has 0 spiro atoms. The summed E-state index contributed by atoms with van der Waals surface area (Å²) in [5, 5.41) is 1.35. The maximum absolute atomic E-state index is 12.2. The van der Waals surface area contributed by atoms with Gasteiger partial charge in [-0.1, -0.05) is 44.0 Å². The highest BCUT2D eigenvalue weighted by Gasteiger charge is 2.15. The van der Waals surface area contributed by atoms with Gasteiger partial charge in [-0.25, -0.2) is 4.79 Å². The summed E-state index contributed by atoms with van der Waals surface area (Å²) in [5.74, 6) is 0.970. The smallest absolute Gasteiger partial charge is 0.336 e. The molecule has 29 heavy (non-hydrogen) atoms. The van der Waals surface area contributed by atoms with Crippen molar-refractivity contribution in [3.05, 3.63) is 63.5 Å². The molecule has 2 atom stereocenters. The average molecular weight is 413 g/mol. The highest BCUT2D eigenvalue weighted by Crippen LogP contribution is 2.35.